The van der Waals surface area contributed by atoms with Crippen LogP contribution in [0.3, 0.4) is 0 Å². The van der Waals surface area contributed by atoms with Gasteiger partial charge < -0.3 is 10.1 Å². The minimum Gasteiger partial charge on any atom is -0.463 e. The maximum atomic E-state index is 12.7. The van der Waals surface area contributed by atoms with Gasteiger partial charge in [0.2, 0.25) is 5.95 Å². The van der Waals surface area contributed by atoms with Crippen LogP contribution in [0.15, 0.2) is 60.1 Å². The predicted molar refractivity (Wildman–Crippen MR) is 106 cm³/mol. The number of nitrogens with one attached hydrogen (secondary N) is 1. The van der Waals surface area contributed by atoms with Gasteiger partial charge >= 0.3 is 5.97 Å². The predicted octanol–water partition coefficient (Wildman–Crippen LogP) is 3.50. The number of benzene rings is 1. The van der Waals surface area contributed by atoms with Gasteiger partial charge in [0, 0.05) is 23.7 Å². The highest BCUT2D eigenvalue weighted by molar-refractivity contribution is 5.92. The molecule has 0 saturated carbocycles. The second kappa shape index (κ2) is 7.26. The number of aryl methyl sites for hydroxylation is 1. The van der Waals surface area contributed by atoms with Gasteiger partial charge in [-0.3, -0.25) is 4.98 Å². The molecule has 142 valence electrons. The minimum absolute atomic E-state index is 0.300. The summed E-state index contributed by atoms with van der Waals surface area (Å²) >= 11 is 0. The molecule has 1 N–H and O–H groups in total. The third kappa shape index (κ3) is 3.15. The fraction of sp³-hybridized carbons (Fsp3) is 0.238. The molecular weight excluding hydrogens is 354 g/mol. The number of anilines is 1. The molecule has 0 saturated heterocycles. The Morgan fingerprint density at radius 1 is 1.25 bits per heavy atom. The molecule has 4 rings (SSSR count). The first-order chi connectivity index (χ1) is 13.6. The van der Waals surface area contributed by atoms with Crippen molar-refractivity contribution < 1.29 is 9.53 Å². The molecule has 1 atom stereocenters. The monoisotopic (exact) mass is 375 g/mol. The fourth-order valence-corrected chi connectivity index (χ4v) is 3.38. The molecule has 0 spiro atoms. The van der Waals surface area contributed by atoms with Crippen molar-refractivity contribution in [3.63, 3.8) is 0 Å². The van der Waals surface area contributed by atoms with Crippen molar-refractivity contribution in [2.75, 3.05) is 11.9 Å². The van der Waals surface area contributed by atoms with Gasteiger partial charge in [-0.05, 0) is 38.5 Å². The van der Waals surface area contributed by atoms with Crippen molar-refractivity contribution in [3.05, 3.63) is 71.2 Å². The largest absolute Gasteiger partial charge is 0.463 e. The Labute approximate surface area is 163 Å². The highest BCUT2D eigenvalue weighted by Gasteiger charge is 2.35. The van der Waals surface area contributed by atoms with Gasteiger partial charge in [-0.2, -0.15) is 4.98 Å². The molecule has 0 bridgehead atoms. The number of hydrogen-bond acceptors (Lipinski definition) is 6. The summed E-state index contributed by atoms with van der Waals surface area (Å²) in [4.78, 5) is 21.6. The second-order valence-corrected chi connectivity index (χ2v) is 6.65. The summed E-state index contributed by atoms with van der Waals surface area (Å²) in [6.45, 7) is 5.97. The summed E-state index contributed by atoms with van der Waals surface area (Å²) in [5, 5.41) is 7.92. The Hall–Kier alpha value is -3.48. The second-order valence-electron chi connectivity index (χ2n) is 6.65. The van der Waals surface area contributed by atoms with Crippen LogP contribution in [0.5, 0.6) is 0 Å². The van der Waals surface area contributed by atoms with Crippen molar-refractivity contribution in [2.45, 2.75) is 26.8 Å². The molecule has 1 aliphatic heterocycles. The van der Waals surface area contributed by atoms with Crippen LogP contribution >= 0.6 is 0 Å². The fourth-order valence-electron chi connectivity index (χ4n) is 3.38. The van der Waals surface area contributed by atoms with E-state index in [0.717, 1.165) is 16.7 Å². The van der Waals surface area contributed by atoms with Gasteiger partial charge in [0.1, 0.15) is 6.04 Å². The Balaban J connectivity index is 1.86. The van der Waals surface area contributed by atoms with Crippen molar-refractivity contribution >= 4 is 11.9 Å². The molecule has 7 nitrogen and oxygen atoms in total. The molecular formula is C21H21N5O2. The van der Waals surface area contributed by atoms with Crippen LogP contribution in [0, 0.1) is 6.92 Å². The Morgan fingerprint density at radius 2 is 2.11 bits per heavy atom. The van der Waals surface area contributed by atoms with Crippen LogP contribution < -0.4 is 5.32 Å². The summed E-state index contributed by atoms with van der Waals surface area (Å²) in [7, 11) is 0. The zero-order chi connectivity index (χ0) is 19.7. The lowest BCUT2D eigenvalue weighted by Gasteiger charge is -2.27. The molecule has 1 aromatic carbocycles. The average molecular weight is 375 g/mol. The maximum Gasteiger partial charge on any atom is 0.338 e. The van der Waals surface area contributed by atoms with Gasteiger partial charge in [0.15, 0.2) is 5.82 Å². The lowest BCUT2D eigenvalue weighted by molar-refractivity contribution is -0.139. The van der Waals surface area contributed by atoms with E-state index in [2.05, 4.69) is 15.3 Å². The molecule has 0 amide bonds. The summed E-state index contributed by atoms with van der Waals surface area (Å²) in [5.41, 5.74) is 4.09. The number of nitrogens with zero attached hydrogens (tertiary/aromatic N) is 4. The van der Waals surface area contributed by atoms with E-state index in [-0.39, 0.29) is 5.97 Å². The quantitative estimate of drug-likeness (QED) is 0.703. The zero-order valence-electron chi connectivity index (χ0n) is 16.0. The van der Waals surface area contributed by atoms with Crippen molar-refractivity contribution in [3.8, 4) is 11.4 Å². The first kappa shape index (κ1) is 17.9. The zero-order valence-corrected chi connectivity index (χ0v) is 16.0. The van der Waals surface area contributed by atoms with Crippen molar-refractivity contribution in [2.24, 2.45) is 0 Å². The van der Waals surface area contributed by atoms with Gasteiger partial charge in [-0.25, -0.2) is 9.48 Å². The normalized spacial score (nSPS) is 15.8. The smallest absolute Gasteiger partial charge is 0.338 e. The van der Waals surface area contributed by atoms with Crippen LogP contribution in [0.1, 0.15) is 31.0 Å². The summed E-state index contributed by atoms with van der Waals surface area (Å²) in [6, 6.07) is 11.3. The maximum absolute atomic E-state index is 12.7. The molecule has 1 unspecified atom stereocenters. The van der Waals surface area contributed by atoms with Gasteiger partial charge in [-0.15, -0.1) is 5.10 Å². The number of esters is 1. The van der Waals surface area contributed by atoms with E-state index in [0.29, 0.717) is 29.6 Å². The molecule has 3 heterocycles. The standard InChI is InChI=1S/C21H21N5O2/c1-4-28-20(27)17-14(3)23-21-24-19(15-8-5-7-13(2)11-15)25-26(21)18(17)16-9-6-10-22-12-16/h5-12,18H,4H2,1-3H3,(H,23,24,25). The number of hydrogen-bond donors (Lipinski definition) is 1. The molecule has 0 fully saturated rings. The summed E-state index contributed by atoms with van der Waals surface area (Å²) in [6.07, 6.45) is 3.44. The van der Waals surface area contributed by atoms with E-state index >= 15 is 0 Å². The lowest BCUT2D eigenvalue weighted by atomic mass is 9.97. The highest BCUT2D eigenvalue weighted by atomic mass is 16.5. The number of carbonyl (C=O) groups is 1. The number of rotatable bonds is 4. The van der Waals surface area contributed by atoms with Crippen LogP contribution in [-0.4, -0.2) is 32.3 Å². The Kier molecular flexibility index (Phi) is 4.65. The third-order valence-electron chi connectivity index (χ3n) is 4.62. The number of carbonyl (C=O) groups excluding carboxylic acids is 1. The molecule has 28 heavy (non-hydrogen) atoms. The van der Waals surface area contributed by atoms with Crippen LogP contribution in [0.4, 0.5) is 5.95 Å². The number of fused-ring (bicyclic) bond motifs is 1. The van der Waals surface area contributed by atoms with E-state index < -0.39 is 6.04 Å². The first-order valence-electron chi connectivity index (χ1n) is 9.17. The van der Waals surface area contributed by atoms with Crippen molar-refractivity contribution in [1.82, 2.24) is 19.7 Å². The van der Waals surface area contributed by atoms with Crippen LogP contribution in [0.25, 0.3) is 11.4 Å². The van der Waals surface area contributed by atoms with E-state index in [1.54, 1.807) is 24.0 Å². The Bertz CT molecular complexity index is 1060. The number of pyridine rings is 1. The van der Waals surface area contributed by atoms with E-state index in [1.807, 2.05) is 50.2 Å². The van der Waals surface area contributed by atoms with Crippen LogP contribution in [-0.2, 0) is 9.53 Å². The van der Waals surface area contributed by atoms with Gasteiger partial charge in [0.05, 0.1) is 12.2 Å². The molecule has 2 aromatic heterocycles. The minimum atomic E-state index is -0.463. The van der Waals surface area contributed by atoms with Gasteiger partial charge in [-0.1, -0.05) is 29.8 Å². The lowest BCUT2D eigenvalue weighted by Crippen LogP contribution is -2.29. The van der Waals surface area contributed by atoms with E-state index in [4.69, 9.17) is 9.84 Å². The van der Waals surface area contributed by atoms with Gasteiger partial charge in [0.25, 0.3) is 0 Å². The SMILES string of the molecule is CCOC(=O)C1=C(C)Nc2nc(-c3cccc(C)c3)nn2C1c1cccnc1. The number of ether oxygens (including phenoxy) is 1. The topological polar surface area (TPSA) is 81.9 Å². The molecule has 1 aliphatic rings. The third-order valence-corrected chi connectivity index (χ3v) is 4.62. The summed E-state index contributed by atoms with van der Waals surface area (Å²) < 4.78 is 7.04. The first-order valence-corrected chi connectivity index (χ1v) is 9.17. The molecule has 3 aromatic rings. The van der Waals surface area contributed by atoms with E-state index in [1.165, 1.54) is 0 Å². The average Bonchev–Trinajstić information content (AvgIpc) is 3.11. The number of aromatic nitrogens is 4. The molecule has 0 radical (unpaired) electrons. The molecule has 0 aliphatic carbocycles. The molecule has 7 heteroatoms. The van der Waals surface area contributed by atoms with E-state index in [9.17, 15) is 4.79 Å². The van der Waals surface area contributed by atoms with Crippen molar-refractivity contribution in [1.29, 1.82) is 0 Å². The highest BCUT2D eigenvalue weighted by Crippen LogP contribution is 2.36. The number of allylic oxidation sites excluding steroid dienone is 1. The summed E-state index contributed by atoms with van der Waals surface area (Å²) in [5.74, 6) is 0.800. The Morgan fingerprint density at radius 3 is 2.82 bits per heavy atom. The van der Waals surface area contributed by atoms with Crippen LogP contribution in [0.2, 0.25) is 0 Å².